The van der Waals surface area contributed by atoms with Crippen LogP contribution < -0.4 is 15.5 Å². The van der Waals surface area contributed by atoms with E-state index in [0.717, 1.165) is 51.6 Å². The van der Waals surface area contributed by atoms with Gasteiger partial charge in [0.25, 0.3) is 0 Å². The molecule has 2 aliphatic rings. The van der Waals surface area contributed by atoms with Crippen molar-refractivity contribution in [3.8, 4) is 0 Å². The molecule has 0 aromatic heterocycles. The molecule has 2 fully saturated rings. The van der Waals surface area contributed by atoms with E-state index >= 15 is 0 Å². The van der Waals surface area contributed by atoms with E-state index in [1.54, 1.807) is 7.05 Å². The molecule has 0 spiro atoms. The third kappa shape index (κ3) is 4.37. The average Bonchev–Trinajstić information content (AvgIpc) is 2.68. The minimum Gasteiger partial charge on any atom is -0.371 e. The van der Waals surface area contributed by atoms with Crippen LogP contribution >= 0.6 is 0 Å². The number of piperidine rings is 1. The molecule has 142 valence electrons. The summed E-state index contributed by atoms with van der Waals surface area (Å²) in [5, 5.41) is 5.96. The van der Waals surface area contributed by atoms with Gasteiger partial charge in [-0.25, -0.2) is 0 Å². The van der Waals surface area contributed by atoms with E-state index in [1.807, 2.05) is 0 Å². The van der Waals surface area contributed by atoms with Gasteiger partial charge in [0.2, 0.25) is 11.8 Å². The van der Waals surface area contributed by atoms with Gasteiger partial charge in [-0.05, 0) is 50.3 Å². The van der Waals surface area contributed by atoms with Crippen molar-refractivity contribution in [2.24, 2.45) is 11.8 Å². The van der Waals surface area contributed by atoms with Crippen LogP contribution in [0.15, 0.2) is 24.3 Å². The largest absolute Gasteiger partial charge is 0.371 e. The molecule has 1 saturated carbocycles. The zero-order valence-corrected chi connectivity index (χ0v) is 16.0. The Morgan fingerprint density at radius 1 is 1.00 bits per heavy atom. The van der Waals surface area contributed by atoms with Gasteiger partial charge in [0.15, 0.2) is 0 Å². The first-order valence-corrected chi connectivity index (χ1v) is 9.92. The summed E-state index contributed by atoms with van der Waals surface area (Å²) < 4.78 is 0. The summed E-state index contributed by atoms with van der Waals surface area (Å²) in [6.45, 7) is 4.03. The molecule has 0 radical (unpaired) electrons. The summed E-state index contributed by atoms with van der Waals surface area (Å²) in [7, 11) is 1.66. The molecule has 0 bridgehead atoms. The highest BCUT2D eigenvalue weighted by molar-refractivity contribution is 5.87. The Labute approximate surface area is 156 Å². The Morgan fingerprint density at radius 2 is 1.65 bits per heavy atom. The fourth-order valence-corrected chi connectivity index (χ4v) is 4.36. The lowest BCUT2D eigenvalue weighted by molar-refractivity contribution is -0.136. The number of rotatable bonds is 4. The van der Waals surface area contributed by atoms with Crippen molar-refractivity contribution in [3.63, 3.8) is 0 Å². The molecule has 2 N–H and O–H groups in total. The lowest BCUT2D eigenvalue weighted by atomic mass is 9.78. The number of hydrogen-bond donors (Lipinski definition) is 2. The molecular formula is C21H31N3O2. The van der Waals surface area contributed by atoms with Gasteiger partial charge in [0.1, 0.15) is 0 Å². The topological polar surface area (TPSA) is 61.4 Å². The fraction of sp³-hybridized carbons (Fsp3) is 0.619. The van der Waals surface area contributed by atoms with Crippen LogP contribution in [0.25, 0.3) is 0 Å². The van der Waals surface area contributed by atoms with Crippen molar-refractivity contribution in [2.75, 3.05) is 25.0 Å². The third-order valence-corrected chi connectivity index (χ3v) is 5.89. The van der Waals surface area contributed by atoms with Crippen LogP contribution in [0.5, 0.6) is 0 Å². The van der Waals surface area contributed by atoms with Crippen LogP contribution in [-0.2, 0) is 9.59 Å². The highest BCUT2D eigenvalue weighted by Gasteiger charge is 2.36. The molecule has 1 aromatic carbocycles. The Balaban J connectivity index is 1.53. The predicted molar refractivity (Wildman–Crippen MR) is 104 cm³/mol. The molecule has 26 heavy (non-hydrogen) atoms. The summed E-state index contributed by atoms with van der Waals surface area (Å²) in [5.41, 5.74) is 2.54. The molecule has 3 rings (SSSR count). The maximum Gasteiger partial charge on any atom is 0.224 e. The average molecular weight is 357 g/mol. The minimum absolute atomic E-state index is 0.0131. The Bertz CT molecular complexity index is 638. The normalized spacial score (nSPS) is 24.2. The summed E-state index contributed by atoms with van der Waals surface area (Å²) >= 11 is 0. The molecule has 1 saturated heterocycles. The number of amides is 2. The number of benzene rings is 1. The highest BCUT2D eigenvalue weighted by atomic mass is 16.2. The monoisotopic (exact) mass is 357 g/mol. The van der Waals surface area contributed by atoms with Gasteiger partial charge in [-0.2, -0.15) is 0 Å². The molecule has 1 aromatic rings. The molecule has 5 nitrogen and oxygen atoms in total. The van der Waals surface area contributed by atoms with Crippen molar-refractivity contribution in [2.45, 2.75) is 51.5 Å². The lowest BCUT2D eigenvalue weighted by Gasteiger charge is -2.36. The molecular weight excluding hydrogens is 326 g/mol. The SMILES string of the molecule is CNC(=O)[C@@H]1CCCC[C@@H]1C(=O)NC1CCN(c2cccc(C)c2)CC1. The minimum atomic E-state index is -0.168. The summed E-state index contributed by atoms with van der Waals surface area (Å²) in [4.78, 5) is 27.3. The second-order valence-electron chi connectivity index (χ2n) is 7.72. The molecule has 1 aliphatic heterocycles. The smallest absolute Gasteiger partial charge is 0.224 e. The first kappa shape index (κ1) is 18.7. The predicted octanol–water partition coefficient (Wildman–Crippen LogP) is 2.63. The number of nitrogens with one attached hydrogen (secondary N) is 2. The number of hydrogen-bond acceptors (Lipinski definition) is 3. The molecule has 2 atom stereocenters. The number of nitrogens with zero attached hydrogens (tertiary/aromatic N) is 1. The molecule has 5 heteroatoms. The van der Waals surface area contributed by atoms with Gasteiger partial charge in [-0.1, -0.05) is 25.0 Å². The van der Waals surface area contributed by atoms with Gasteiger partial charge >= 0.3 is 0 Å². The van der Waals surface area contributed by atoms with Gasteiger partial charge in [0.05, 0.1) is 0 Å². The number of aryl methyl sites for hydroxylation is 1. The summed E-state index contributed by atoms with van der Waals surface area (Å²) in [6.07, 6.45) is 5.64. The van der Waals surface area contributed by atoms with Crippen molar-refractivity contribution < 1.29 is 9.59 Å². The molecule has 2 amide bonds. The van der Waals surface area contributed by atoms with Crippen LogP contribution in [-0.4, -0.2) is 38.0 Å². The number of anilines is 1. The van der Waals surface area contributed by atoms with E-state index in [-0.39, 0.29) is 29.7 Å². The van der Waals surface area contributed by atoms with Crippen LogP contribution in [0.4, 0.5) is 5.69 Å². The third-order valence-electron chi connectivity index (χ3n) is 5.89. The summed E-state index contributed by atoms with van der Waals surface area (Å²) in [6, 6.07) is 8.80. The van der Waals surface area contributed by atoms with Crippen molar-refractivity contribution in [3.05, 3.63) is 29.8 Å². The van der Waals surface area contributed by atoms with E-state index in [9.17, 15) is 9.59 Å². The van der Waals surface area contributed by atoms with E-state index in [0.29, 0.717) is 0 Å². The lowest BCUT2D eigenvalue weighted by Crippen LogP contribution is -2.49. The quantitative estimate of drug-likeness (QED) is 0.871. The van der Waals surface area contributed by atoms with Crippen molar-refractivity contribution >= 4 is 17.5 Å². The van der Waals surface area contributed by atoms with Crippen molar-refractivity contribution in [1.29, 1.82) is 0 Å². The molecule has 1 aliphatic carbocycles. The standard InChI is InChI=1S/C21H31N3O2/c1-15-6-5-7-17(14-15)24-12-10-16(11-13-24)23-21(26)19-9-4-3-8-18(19)20(25)22-2/h5-7,14,16,18-19H,3-4,8-13H2,1-2H3,(H,22,25)(H,23,26)/t18-,19+/m1/s1. The first-order valence-electron chi connectivity index (χ1n) is 9.92. The highest BCUT2D eigenvalue weighted by Crippen LogP contribution is 2.31. The van der Waals surface area contributed by atoms with E-state index in [1.165, 1.54) is 11.3 Å². The van der Waals surface area contributed by atoms with Gasteiger partial charge < -0.3 is 15.5 Å². The van der Waals surface area contributed by atoms with Gasteiger partial charge in [-0.3, -0.25) is 9.59 Å². The number of carbonyl (C=O) groups is 2. The summed E-state index contributed by atoms with van der Waals surface area (Å²) in [5.74, 6) is -0.244. The van der Waals surface area contributed by atoms with Crippen LogP contribution in [0.2, 0.25) is 0 Å². The zero-order valence-electron chi connectivity index (χ0n) is 16.0. The maximum absolute atomic E-state index is 12.8. The Kier molecular flexibility index (Phi) is 6.17. The second-order valence-corrected chi connectivity index (χ2v) is 7.72. The van der Waals surface area contributed by atoms with Crippen LogP contribution in [0.1, 0.15) is 44.1 Å². The fourth-order valence-electron chi connectivity index (χ4n) is 4.36. The van der Waals surface area contributed by atoms with Crippen molar-refractivity contribution in [1.82, 2.24) is 10.6 Å². The maximum atomic E-state index is 12.8. The van der Waals surface area contributed by atoms with E-state index in [4.69, 9.17) is 0 Å². The van der Waals surface area contributed by atoms with Crippen LogP contribution in [0, 0.1) is 18.8 Å². The molecule has 1 heterocycles. The van der Waals surface area contributed by atoms with Gasteiger partial charge in [-0.15, -0.1) is 0 Å². The zero-order chi connectivity index (χ0) is 18.5. The van der Waals surface area contributed by atoms with E-state index in [2.05, 4.69) is 46.7 Å². The van der Waals surface area contributed by atoms with Crippen LogP contribution in [0.3, 0.4) is 0 Å². The molecule has 0 unspecified atom stereocenters. The first-order chi connectivity index (χ1) is 12.6. The van der Waals surface area contributed by atoms with Gasteiger partial charge in [0, 0.05) is 43.7 Å². The van der Waals surface area contributed by atoms with E-state index < -0.39 is 0 Å². The second kappa shape index (κ2) is 8.56. The Hall–Kier alpha value is -2.04. The number of carbonyl (C=O) groups excluding carboxylic acids is 2. The Morgan fingerprint density at radius 3 is 2.27 bits per heavy atom.